The lowest BCUT2D eigenvalue weighted by Gasteiger charge is -2.36. The Morgan fingerprint density at radius 1 is 0.947 bits per heavy atom. The summed E-state index contributed by atoms with van der Waals surface area (Å²) in [5, 5.41) is 2.76. The highest BCUT2D eigenvalue weighted by atomic mass is 16.5. The molecule has 0 atom stereocenters. The molecule has 0 spiro atoms. The van der Waals surface area contributed by atoms with Crippen LogP contribution in [0.1, 0.15) is 31.1 Å². The largest absolute Gasteiger partial charge is 0.492 e. The highest BCUT2D eigenvalue weighted by Crippen LogP contribution is 2.24. The summed E-state index contributed by atoms with van der Waals surface area (Å²) >= 11 is 0. The quantitative estimate of drug-likeness (QED) is 0.425. The van der Waals surface area contributed by atoms with Crippen LogP contribution in [0.15, 0.2) is 48.5 Å². The molecule has 0 unspecified atom stereocenters. The van der Waals surface area contributed by atoms with Crippen LogP contribution < -0.4 is 15.0 Å². The van der Waals surface area contributed by atoms with Gasteiger partial charge in [-0.25, -0.2) is 4.79 Å². The highest BCUT2D eigenvalue weighted by molar-refractivity contribution is 5.95. The summed E-state index contributed by atoms with van der Waals surface area (Å²) in [5.41, 5.74) is 2.39. The molecule has 1 heterocycles. The van der Waals surface area contributed by atoms with Gasteiger partial charge in [-0.2, -0.15) is 0 Å². The van der Waals surface area contributed by atoms with Gasteiger partial charge in [0.15, 0.2) is 0 Å². The number of carbonyl (C=O) groups excluding carboxylic acids is 2. The maximum absolute atomic E-state index is 13.0. The summed E-state index contributed by atoms with van der Waals surface area (Å²) in [6.45, 7) is 14.7. The lowest BCUT2D eigenvalue weighted by molar-refractivity contribution is 0.0779. The standard InChI is InChI=1S/C29H43N5O4/c1-5-32(6-2)16-15-31(4)28(35)24-11-10-12-25(23-24)34-19-17-33(18-20-34)21-22-38-29(36)30-26-13-8-9-14-27(26)37-7-3/h8-14,23H,5-7,15-22H2,1-4H3,(H,30,36). The SMILES string of the molecule is CCOc1ccccc1NC(=O)OCCN1CCN(c2cccc(C(=O)N(C)CCN(CC)CC)c2)CC1. The van der Waals surface area contributed by atoms with Crippen LogP contribution in [0.5, 0.6) is 5.75 Å². The summed E-state index contributed by atoms with van der Waals surface area (Å²) in [6, 6.07) is 15.2. The fraction of sp³-hybridized carbons (Fsp3) is 0.517. The summed E-state index contributed by atoms with van der Waals surface area (Å²) in [6.07, 6.45) is -0.487. The molecule has 0 aliphatic carbocycles. The first kappa shape index (κ1) is 29.3. The zero-order valence-electron chi connectivity index (χ0n) is 23.3. The number of benzene rings is 2. The van der Waals surface area contributed by atoms with Gasteiger partial charge in [-0.3, -0.25) is 15.0 Å². The van der Waals surface area contributed by atoms with Gasteiger partial charge >= 0.3 is 6.09 Å². The van der Waals surface area contributed by atoms with Gasteiger partial charge in [0, 0.05) is 64.1 Å². The van der Waals surface area contributed by atoms with Crippen molar-refractivity contribution in [3.05, 3.63) is 54.1 Å². The molecule has 1 aliphatic rings. The van der Waals surface area contributed by atoms with E-state index in [2.05, 4.69) is 39.9 Å². The molecule has 0 saturated carbocycles. The maximum Gasteiger partial charge on any atom is 0.411 e. The molecule has 1 N–H and O–H groups in total. The van der Waals surface area contributed by atoms with Gasteiger partial charge in [-0.05, 0) is 50.3 Å². The van der Waals surface area contributed by atoms with Crippen LogP contribution in [0.4, 0.5) is 16.2 Å². The second-order valence-electron chi connectivity index (χ2n) is 9.32. The van der Waals surface area contributed by atoms with Crippen molar-refractivity contribution in [2.24, 2.45) is 0 Å². The molecule has 1 saturated heterocycles. The van der Waals surface area contributed by atoms with Crippen LogP contribution in [-0.4, -0.2) is 106 Å². The number of ether oxygens (including phenoxy) is 2. The smallest absolute Gasteiger partial charge is 0.411 e. The summed E-state index contributed by atoms with van der Waals surface area (Å²) in [4.78, 5) is 33.9. The Morgan fingerprint density at radius 3 is 2.39 bits per heavy atom. The highest BCUT2D eigenvalue weighted by Gasteiger charge is 2.19. The molecule has 2 aromatic rings. The third kappa shape index (κ3) is 8.63. The first-order valence-corrected chi connectivity index (χ1v) is 13.7. The van der Waals surface area contributed by atoms with Crippen molar-refractivity contribution in [2.45, 2.75) is 20.8 Å². The van der Waals surface area contributed by atoms with E-state index in [-0.39, 0.29) is 5.91 Å². The Kier molecular flexibility index (Phi) is 11.7. The molecule has 0 aromatic heterocycles. The van der Waals surface area contributed by atoms with Crippen LogP contribution in [0.2, 0.25) is 0 Å². The normalized spacial score (nSPS) is 13.9. The molecule has 2 aromatic carbocycles. The van der Waals surface area contributed by atoms with Gasteiger partial charge in [0.25, 0.3) is 5.91 Å². The van der Waals surface area contributed by atoms with Crippen LogP contribution in [-0.2, 0) is 4.74 Å². The molecular formula is C29H43N5O4. The number of anilines is 2. The van der Waals surface area contributed by atoms with Gasteiger partial charge in [0.1, 0.15) is 12.4 Å². The third-order valence-electron chi connectivity index (χ3n) is 6.89. The molecule has 208 valence electrons. The summed E-state index contributed by atoms with van der Waals surface area (Å²) in [5.74, 6) is 0.678. The number of para-hydroxylation sites is 2. The monoisotopic (exact) mass is 525 g/mol. The van der Waals surface area contributed by atoms with E-state index in [9.17, 15) is 9.59 Å². The van der Waals surface area contributed by atoms with Gasteiger partial charge in [0.05, 0.1) is 12.3 Å². The van der Waals surface area contributed by atoms with E-state index < -0.39 is 6.09 Å². The van der Waals surface area contributed by atoms with E-state index in [4.69, 9.17) is 9.47 Å². The molecule has 0 bridgehead atoms. The molecule has 38 heavy (non-hydrogen) atoms. The number of amides is 2. The van der Waals surface area contributed by atoms with Crippen molar-refractivity contribution in [1.29, 1.82) is 0 Å². The predicted octanol–water partition coefficient (Wildman–Crippen LogP) is 3.87. The molecule has 0 radical (unpaired) electrons. The second kappa shape index (κ2) is 15.2. The second-order valence-corrected chi connectivity index (χ2v) is 9.32. The van der Waals surface area contributed by atoms with Crippen LogP contribution >= 0.6 is 0 Å². The first-order valence-electron chi connectivity index (χ1n) is 13.7. The Morgan fingerprint density at radius 2 is 1.68 bits per heavy atom. The zero-order chi connectivity index (χ0) is 27.3. The number of carbonyl (C=O) groups is 2. The predicted molar refractivity (Wildman–Crippen MR) is 152 cm³/mol. The maximum atomic E-state index is 13.0. The number of likely N-dealkylation sites (N-methyl/N-ethyl adjacent to an activating group) is 2. The molecule has 2 amide bonds. The van der Waals surface area contributed by atoms with Gasteiger partial charge in [-0.1, -0.05) is 32.0 Å². The fourth-order valence-electron chi connectivity index (χ4n) is 4.48. The Balaban J connectivity index is 1.42. The molecule has 3 rings (SSSR count). The zero-order valence-corrected chi connectivity index (χ0v) is 23.3. The van der Waals surface area contributed by atoms with E-state index in [1.165, 1.54) is 0 Å². The van der Waals surface area contributed by atoms with Gasteiger partial charge in [-0.15, -0.1) is 0 Å². The topological polar surface area (TPSA) is 77.6 Å². The minimum Gasteiger partial charge on any atom is -0.492 e. The molecule has 1 fully saturated rings. The number of hydrogen-bond donors (Lipinski definition) is 1. The van der Waals surface area contributed by atoms with Gasteiger partial charge < -0.3 is 24.2 Å². The number of hydrogen-bond acceptors (Lipinski definition) is 7. The van der Waals surface area contributed by atoms with Crippen LogP contribution in [0, 0.1) is 0 Å². The van der Waals surface area contributed by atoms with Crippen molar-refractivity contribution in [3.8, 4) is 5.75 Å². The van der Waals surface area contributed by atoms with E-state index in [0.29, 0.717) is 37.7 Å². The van der Waals surface area contributed by atoms with Crippen LogP contribution in [0.3, 0.4) is 0 Å². The lowest BCUT2D eigenvalue weighted by Crippen LogP contribution is -2.47. The molecular weight excluding hydrogens is 482 g/mol. The van der Waals surface area contributed by atoms with Crippen molar-refractivity contribution in [3.63, 3.8) is 0 Å². The van der Waals surface area contributed by atoms with Crippen molar-refractivity contribution in [2.75, 3.05) is 89.4 Å². The first-order chi connectivity index (χ1) is 18.4. The molecule has 1 aliphatic heterocycles. The Bertz CT molecular complexity index is 1020. The summed E-state index contributed by atoms with van der Waals surface area (Å²) in [7, 11) is 1.87. The Labute approximate surface area is 227 Å². The number of nitrogens with one attached hydrogen (secondary N) is 1. The van der Waals surface area contributed by atoms with Crippen LogP contribution in [0.25, 0.3) is 0 Å². The lowest BCUT2D eigenvalue weighted by atomic mass is 10.1. The molecule has 9 nitrogen and oxygen atoms in total. The van der Waals surface area contributed by atoms with Crippen molar-refractivity contribution < 1.29 is 19.1 Å². The van der Waals surface area contributed by atoms with E-state index in [0.717, 1.165) is 57.1 Å². The number of rotatable bonds is 13. The van der Waals surface area contributed by atoms with Gasteiger partial charge in [0.2, 0.25) is 0 Å². The fourth-order valence-corrected chi connectivity index (χ4v) is 4.48. The van der Waals surface area contributed by atoms with Crippen molar-refractivity contribution >= 4 is 23.4 Å². The number of nitrogens with zero attached hydrogens (tertiary/aromatic N) is 4. The third-order valence-corrected chi connectivity index (χ3v) is 6.89. The van der Waals surface area contributed by atoms with E-state index >= 15 is 0 Å². The minimum atomic E-state index is -0.487. The average molecular weight is 526 g/mol. The molecule has 9 heteroatoms. The van der Waals surface area contributed by atoms with Crippen molar-refractivity contribution in [1.82, 2.24) is 14.7 Å². The summed E-state index contributed by atoms with van der Waals surface area (Å²) < 4.78 is 10.9. The van der Waals surface area contributed by atoms with E-state index in [1.54, 1.807) is 11.0 Å². The Hall–Kier alpha value is -3.30. The average Bonchev–Trinajstić information content (AvgIpc) is 2.94. The van der Waals surface area contributed by atoms with E-state index in [1.807, 2.05) is 50.4 Å². The minimum absolute atomic E-state index is 0.0527. The number of piperazine rings is 1.